The van der Waals surface area contributed by atoms with Crippen molar-refractivity contribution in [2.45, 2.75) is 37.8 Å². The molecule has 0 radical (unpaired) electrons. The van der Waals surface area contributed by atoms with Crippen LogP contribution in [0, 0.1) is 0 Å². The van der Waals surface area contributed by atoms with E-state index in [1.165, 1.54) is 0 Å². The molecule has 1 N–H and O–H groups in total. The quantitative estimate of drug-likeness (QED) is 0.924. The number of amides is 1. The van der Waals surface area contributed by atoms with Gasteiger partial charge in [0.05, 0.1) is 5.39 Å². The van der Waals surface area contributed by atoms with E-state index in [9.17, 15) is 4.79 Å². The molecule has 0 unspecified atom stereocenters. The Kier molecular flexibility index (Phi) is 4.39. The minimum atomic E-state index is -0.0948. The smallest absolute Gasteiger partial charge is 0.242 e. The van der Waals surface area contributed by atoms with E-state index in [-0.39, 0.29) is 11.9 Å². The Morgan fingerprint density at radius 2 is 2.13 bits per heavy atom. The van der Waals surface area contributed by atoms with Gasteiger partial charge in [-0.2, -0.15) is 11.8 Å². The molecule has 2 aromatic rings. The van der Waals surface area contributed by atoms with E-state index in [4.69, 9.17) is 0 Å². The van der Waals surface area contributed by atoms with Gasteiger partial charge in [-0.05, 0) is 48.6 Å². The fourth-order valence-corrected chi connectivity index (χ4v) is 5.27. The normalized spacial score (nSPS) is 22.6. The summed E-state index contributed by atoms with van der Waals surface area (Å²) in [5.74, 6) is 3.39. The third kappa shape index (κ3) is 3.04. The SMILES string of the molecule is O=C(NC1CCSCC1)[C@H]1CCCN1c1ncnc2sccc12. The molecule has 2 saturated heterocycles. The summed E-state index contributed by atoms with van der Waals surface area (Å²) in [6.07, 6.45) is 5.73. The van der Waals surface area contributed by atoms with Crippen LogP contribution in [0.5, 0.6) is 0 Å². The van der Waals surface area contributed by atoms with E-state index >= 15 is 0 Å². The second-order valence-electron chi connectivity index (χ2n) is 6.08. The molecule has 7 heteroatoms. The van der Waals surface area contributed by atoms with E-state index in [0.29, 0.717) is 6.04 Å². The summed E-state index contributed by atoms with van der Waals surface area (Å²) in [6.45, 7) is 0.889. The van der Waals surface area contributed by atoms with Crippen LogP contribution < -0.4 is 10.2 Å². The second-order valence-corrected chi connectivity index (χ2v) is 8.20. The van der Waals surface area contributed by atoms with Gasteiger partial charge < -0.3 is 10.2 Å². The molecule has 2 aliphatic heterocycles. The van der Waals surface area contributed by atoms with Crippen LogP contribution in [-0.2, 0) is 4.79 Å². The van der Waals surface area contributed by atoms with Crippen LogP contribution in [0.4, 0.5) is 5.82 Å². The third-order valence-electron chi connectivity index (χ3n) is 4.64. The number of fused-ring (bicyclic) bond motifs is 1. The zero-order chi connectivity index (χ0) is 15.6. The fourth-order valence-electron chi connectivity index (χ4n) is 3.44. The number of rotatable bonds is 3. The highest BCUT2D eigenvalue weighted by Gasteiger charge is 2.33. The summed E-state index contributed by atoms with van der Waals surface area (Å²) in [5, 5.41) is 6.36. The monoisotopic (exact) mass is 348 g/mol. The van der Waals surface area contributed by atoms with Crippen molar-refractivity contribution in [3.8, 4) is 0 Å². The van der Waals surface area contributed by atoms with Gasteiger partial charge in [0.2, 0.25) is 5.91 Å². The van der Waals surface area contributed by atoms with Crippen molar-refractivity contribution in [3.05, 3.63) is 17.8 Å². The zero-order valence-electron chi connectivity index (χ0n) is 12.9. The summed E-state index contributed by atoms with van der Waals surface area (Å²) in [6, 6.07) is 2.31. The predicted octanol–water partition coefficient (Wildman–Crippen LogP) is 2.67. The molecule has 0 aromatic carbocycles. The number of anilines is 1. The molecule has 0 spiro atoms. The van der Waals surface area contributed by atoms with Crippen molar-refractivity contribution >= 4 is 45.0 Å². The molecule has 0 saturated carbocycles. The topological polar surface area (TPSA) is 58.1 Å². The average Bonchev–Trinajstić information content (AvgIpc) is 3.24. The number of carbonyl (C=O) groups is 1. The van der Waals surface area contributed by atoms with E-state index in [1.807, 2.05) is 17.1 Å². The molecule has 23 heavy (non-hydrogen) atoms. The van der Waals surface area contributed by atoms with Crippen LogP contribution in [0.3, 0.4) is 0 Å². The number of carbonyl (C=O) groups excluding carboxylic acids is 1. The summed E-state index contributed by atoms with van der Waals surface area (Å²) in [7, 11) is 0. The Balaban J connectivity index is 1.54. The maximum atomic E-state index is 12.8. The molecular formula is C16H20N4OS2. The first-order chi connectivity index (χ1) is 11.3. The molecule has 2 fully saturated rings. The van der Waals surface area contributed by atoms with Crippen LogP contribution in [0.1, 0.15) is 25.7 Å². The molecule has 1 amide bonds. The minimum Gasteiger partial charge on any atom is -0.352 e. The standard InChI is InChI=1S/C16H20N4OS2/c21-15(19-11-3-7-22-8-4-11)13-2-1-6-20(13)14-12-5-9-23-16(12)18-10-17-14/h5,9-11,13H,1-4,6-8H2,(H,19,21)/t13-/m1/s1. The number of nitrogens with one attached hydrogen (secondary N) is 1. The maximum absolute atomic E-state index is 12.8. The van der Waals surface area contributed by atoms with Gasteiger partial charge in [-0.25, -0.2) is 9.97 Å². The van der Waals surface area contributed by atoms with Gasteiger partial charge in [0.25, 0.3) is 0 Å². The highest BCUT2D eigenvalue weighted by atomic mass is 32.2. The van der Waals surface area contributed by atoms with Crippen molar-refractivity contribution in [1.82, 2.24) is 15.3 Å². The predicted molar refractivity (Wildman–Crippen MR) is 96.3 cm³/mol. The van der Waals surface area contributed by atoms with Gasteiger partial charge in [-0.1, -0.05) is 0 Å². The van der Waals surface area contributed by atoms with Crippen molar-refractivity contribution in [3.63, 3.8) is 0 Å². The first-order valence-electron chi connectivity index (χ1n) is 8.16. The Morgan fingerprint density at radius 3 is 3.00 bits per heavy atom. The van der Waals surface area contributed by atoms with Gasteiger partial charge in [0, 0.05) is 12.6 Å². The van der Waals surface area contributed by atoms with Gasteiger partial charge in [-0.3, -0.25) is 4.79 Å². The second kappa shape index (κ2) is 6.65. The Labute approximate surface area is 143 Å². The molecule has 0 bridgehead atoms. The molecule has 0 aliphatic carbocycles. The first-order valence-corrected chi connectivity index (χ1v) is 10.2. The van der Waals surface area contributed by atoms with Crippen LogP contribution in [-0.4, -0.2) is 46.0 Å². The van der Waals surface area contributed by atoms with Gasteiger partial charge in [0.15, 0.2) is 0 Å². The van der Waals surface area contributed by atoms with Crippen molar-refractivity contribution in [2.24, 2.45) is 0 Å². The number of thioether (sulfide) groups is 1. The lowest BCUT2D eigenvalue weighted by Crippen LogP contribution is -2.48. The number of nitrogens with zero attached hydrogens (tertiary/aromatic N) is 3. The Morgan fingerprint density at radius 1 is 1.26 bits per heavy atom. The maximum Gasteiger partial charge on any atom is 0.242 e. The van der Waals surface area contributed by atoms with Crippen molar-refractivity contribution < 1.29 is 4.79 Å². The number of hydrogen-bond acceptors (Lipinski definition) is 6. The summed E-state index contributed by atoms with van der Waals surface area (Å²) >= 11 is 3.60. The lowest BCUT2D eigenvalue weighted by Gasteiger charge is -2.29. The lowest BCUT2D eigenvalue weighted by molar-refractivity contribution is -0.122. The van der Waals surface area contributed by atoms with E-state index < -0.39 is 0 Å². The molecule has 4 heterocycles. The van der Waals surface area contributed by atoms with Gasteiger partial charge in [0.1, 0.15) is 23.0 Å². The zero-order valence-corrected chi connectivity index (χ0v) is 14.5. The van der Waals surface area contributed by atoms with Crippen LogP contribution >= 0.6 is 23.1 Å². The van der Waals surface area contributed by atoms with Crippen molar-refractivity contribution in [1.29, 1.82) is 0 Å². The van der Waals surface area contributed by atoms with Gasteiger partial charge >= 0.3 is 0 Å². The average molecular weight is 348 g/mol. The summed E-state index contributed by atoms with van der Waals surface area (Å²) in [4.78, 5) is 24.7. The largest absolute Gasteiger partial charge is 0.352 e. The Bertz CT molecular complexity index is 698. The molecule has 2 aliphatic rings. The highest BCUT2D eigenvalue weighted by molar-refractivity contribution is 7.99. The van der Waals surface area contributed by atoms with E-state index in [2.05, 4.69) is 26.3 Å². The number of thiophene rings is 1. The first kappa shape index (κ1) is 15.2. The molecule has 1 atom stereocenters. The minimum absolute atomic E-state index is 0.0948. The summed E-state index contributed by atoms with van der Waals surface area (Å²) in [5.41, 5.74) is 0. The third-order valence-corrected chi connectivity index (χ3v) is 6.51. The van der Waals surface area contributed by atoms with Gasteiger partial charge in [-0.15, -0.1) is 11.3 Å². The van der Waals surface area contributed by atoms with Crippen LogP contribution in [0.25, 0.3) is 10.2 Å². The van der Waals surface area contributed by atoms with E-state index in [0.717, 1.165) is 59.8 Å². The van der Waals surface area contributed by atoms with E-state index in [1.54, 1.807) is 17.7 Å². The number of aromatic nitrogens is 2. The summed E-state index contributed by atoms with van der Waals surface area (Å²) < 4.78 is 0. The molecule has 4 rings (SSSR count). The van der Waals surface area contributed by atoms with Crippen LogP contribution in [0.2, 0.25) is 0 Å². The van der Waals surface area contributed by atoms with Crippen LogP contribution in [0.15, 0.2) is 17.8 Å². The fraction of sp³-hybridized carbons (Fsp3) is 0.562. The lowest BCUT2D eigenvalue weighted by atomic mass is 10.1. The van der Waals surface area contributed by atoms with Crippen molar-refractivity contribution in [2.75, 3.05) is 23.0 Å². The molecular weight excluding hydrogens is 328 g/mol. The number of hydrogen-bond donors (Lipinski definition) is 1. The highest BCUT2D eigenvalue weighted by Crippen LogP contribution is 2.32. The molecule has 2 aromatic heterocycles. The molecule has 5 nitrogen and oxygen atoms in total. The molecule has 122 valence electrons. The Hall–Kier alpha value is -1.34.